The number of Topliss-reactive ketones (excluding diaryl/α,β-unsaturated/α-hetero) is 1. The SMILES string of the molecule is CC(C)[C@]12C(=C(c3ccccc3)c3ccccc31)C[C@H](C(=O)c1ccccc1)C2(C)C. The van der Waals surface area contributed by atoms with E-state index in [2.05, 4.69) is 82.3 Å². The Morgan fingerprint density at radius 3 is 2.06 bits per heavy atom. The summed E-state index contributed by atoms with van der Waals surface area (Å²) in [7, 11) is 0. The van der Waals surface area contributed by atoms with Crippen molar-refractivity contribution in [3.8, 4) is 0 Å². The summed E-state index contributed by atoms with van der Waals surface area (Å²) < 4.78 is 0. The molecule has 1 nitrogen and oxygen atoms in total. The third-order valence-corrected chi connectivity index (χ3v) is 8.00. The average Bonchev–Trinajstić information content (AvgIpc) is 3.22. The molecule has 2 aliphatic carbocycles. The molecular weight excluding hydrogens is 376 g/mol. The normalized spacial score (nSPS) is 23.7. The molecule has 1 saturated carbocycles. The van der Waals surface area contributed by atoms with Gasteiger partial charge in [0, 0.05) is 16.9 Å². The van der Waals surface area contributed by atoms with Gasteiger partial charge in [-0.25, -0.2) is 0 Å². The lowest BCUT2D eigenvalue weighted by Crippen LogP contribution is -2.46. The summed E-state index contributed by atoms with van der Waals surface area (Å²) in [5.74, 6) is 0.616. The number of allylic oxidation sites excluding steroid dienone is 1. The van der Waals surface area contributed by atoms with E-state index < -0.39 is 0 Å². The summed E-state index contributed by atoms with van der Waals surface area (Å²) in [5.41, 5.74) is 7.28. The lowest BCUT2D eigenvalue weighted by molar-refractivity contribution is 0.0707. The minimum absolute atomic E-state index is 0.0423. The second kappa shape index (κ2) is 7.05. The molecule has 0 aromatic heterocycles. The number of benzene rings is 3. The first kappa shape index (κ1) is 20.0. The first-order chi connectivity index (χ1) is 14.9. The molecule has 0 radical (unpaired) electrons. The van der Waals surface area contributed by atoms with Crippen LogP contribution in [0.3, 0.4) is 0 Å². The molecule has 0 unspecified atom stereocenters. The molecule has 2 aliphatic rings. The molecule has 1 fully saturated rings. The van der Waals surface area contributed by atoms with Crippen molar-refractivity contribution in [1.82, 2.24) is 0 Å². The van der Waals surface area contributed by atoms with Gasteiger partial charge in [-0.05, 0) is 45.6 Å². The maximum Gasteiger partial charge on any atom is 0.166 e. The van der Waals surface area contributed by atoms with Crippen LogP contribution in [0.2, 0.25) is 0 Å². The molecule has 0 saturated heterocycles. The summed E-state index contributed by atoms with van der Waals surface area (Å²) >= 11 is 0. The molecule has 0 aliphatic heterocycles. The standard InChI is InChI=1S/C30H30O/c1-20(2)30-24-18-12-11-17-23(24)27(21-13-7-5-8-14-21)25(30)19-26(29(30,3)4)28(31)22-15-9-6-10-16-22/h5-18,20,26H,19H2,1-4H3/t26-,30-/m1/s1. The molecule has 0 heterocycles. The highest BCUT2D eigenvalue weighted by molar-refractivity contribution is 6.01. The van der Waals surface area contributed by atoms with Crippen molar-refractivity contribution in [3.63, 3.8) is 0 Å². The van der Waals surface area contributed by atoms with Crippen LogP contribution in [0.1, 0.15) is 61.2 Å². The zero-order chi connectivity index (χ0) is 21.8. The second-order valence-corrected chi connectivity index (χ2v) is 9.94. The Kier molecular flexibility index (Phi) is 4.55. The molecule has 0 N–H and O–H groups in total. The second-order valence-electron chi connectivity index (χ2n) is 9.94. The van der Waals surface area contributed by atoms with Crippen molar-refractivity contribution in [2.45, 2.75) is 39.5 Å². The van der Waals surface area contributed by atoms with Crippen LogP contribution in [0.4, 0.5) is 0 Å². The van der Waals surface area contributed by atoms with Crippen LogP contribution in [-0.2, 0) is 5.41 Å². The lowest BCUT2D eigenvalue weighted by Gasteiger charge is -2.47. The van der Waals surface area contributed by atoms with Gasteiger partial charge in [0.1, 0.15) is 0 Å². The van der Waals surface area contributed by atoms with Crippen LogP contribution >= 0.6 is 0 Å². The lowest BCUT2D eigenvalue weighted by atomic mass is 9.55. The van der Waals surface area contributed by atoms with E-state index in [0.29, 0.717) is 5.92 Å². The molecule has 5 rings (SSSR count). The predicted molar refractivity (Wildman–Crippen MR) is 128 cm³/mol. The maximum absolute atomic E-state index is 13.8. The fourth-order valence-corrected chi connectivity index (χ4v) is 6.86. The fourth-order valence-electron chi connectivity index (χ4n) is 6.86. The molecule has 156 valence electrons. The summed E-state index contributed by atoms with van der Waals surface area (Å²) in [6, 6.07) is 29.5. The van der Waals surface area contributed by atoms with E-state index >= 15 is 0 Å². The van der Waals surface area contributed by atoms with Gasteiger partial charge in [0.25, 0.3) is 0 Å². The van der Waals surface area contributed by atoms with Gasteiger partial charge in [0.05, 0.1) is 0 Å². The summed E-state index contributed by atoms with van der Waals surface area (Å²) in [4.78, 5) is 13.8. The van der Waals surface area contributed by atoms with Crippen LogP contribution in [0.25, 0.3) is 5.57 Å². The number of carbonyl (C=O) groups is 1. The fraction of sp³-hybridized carbons (Fsp3) is 0.300. The van der Waals surface area contributed by atoms with Crippen molar-refractivity contribution in [1.29, 1.82) is 0 Å². The van der Waals surface area contributed by atoms with Crippen molar-refractivity contribution >= 4 is 11.4 Å². The van der Waals surface area contributed by atoms with Crippen LogP contribution in [0.15, 0.2) is 90.5 Å². The Balaban J connectivity index is 1.79. The van der Waals surface area contributed by atoms with Crippen molar-refractivity contribution < 1.29 is 4.79 Å². The zero-order valence-corrected chi connectivity index (χ0v) is 18.9. The highest BCUT2D eigenvalue weighted by atomic mass is 16.1. The van der Waals surface area contributed by atoms with Gasteiger partial charge >= 0.3 is 0 Å². The largest absolute Gasteiger partial charge is 0.294 e. The van der Waals surface area contributed by atoms with Gasteiger partial charge in [0.2, 0.25) is 0 Å². The molecule has 3 aromatic rings. The Bertz CT molecular complexity index is 1170. The molecular formula is C30H30O. The van der Waals surface area contributed by atoms with E-state index in [1.54, 1.807) is 0 Å². The van der Waals surface area contributed by atoms with E-state index in [1.165, 1.54) is 27.8 Å². The van der Waals surface area contributed by atoms with Crippen LogP contribution in [0, 0.1) is 17.3 Å². The van der Waals surface area contributed by atoms with E-state index in [-0.39, 0.29) is 22.5 Å². The maximum atomic E-state index is 13.8. The Hall–Kier alpha value is -2.93. The van der Waals surface area contributed by atoms with Crippen molar-refractivity contribution in [2.75, 3.05) is 0 Å². The average molecular weight is 407 g/mol. The quantitative estimate of drug-likeness (QED) is 0.415. The van der Waals surface area contributed by atoms with Crippen LogP contribution in [0.5, 0.6) is 0 Å². The smallest absolute Gasteiger partial charge is 0.166 e. The molecule has 2 atom stereocenters. The third-order valence-electron chi connectivity index (χ3n) is 8.00. The van der Waals surface area contributed by atoms with E-state index in [0.717, 1.165) is 12.0 Å². The van der Waals surface area contributed by atoms with Gasteiger partial charge < -0.3 is 0 Å². The topological polar surface area (TPSA) is 17.1 Å². The number of fused-ring (bicyclic) bond motifs is 3. The van der Waals surface area contributed by atoms with Crippen molar-refractivity contribution in [3.05, 3.63) is 113 Å². The Morgan fingerprint density at radius 1 is 0.839 bits per heavy atom. The Morgan fingerprint density at radius 2 is 1.42 bits per heavy atom. The van der Waals surface area contributed by atoms with Gasteiger partial charge in [-0.15, -0.1) is 0 Å². The Labute approximate surface area is 185 Å². The molecule has 0 amide bonds. The first-order valence-electron chi connectivity index (χ1n) is 11.4. The van der Waals surface area contributed by atoms with Crippen molar-refractivity contribution in [2.24, 2.45) is 17.3 Å². The van der Waals surface area contributed by atoms with Gasteiger partial charge in [0.15, 0.2) is 5.78 Å². The molecule has 0 bridgehead atoms. The zero-order valence-electron chi connectivity index (χ0n) is 18.9. The molecule has 3 aromatic carbocycles. The number of hydrogen-bond donors (Lipinski definition) is 0. The first-order valence-corrected chi connectivity index (χ1v) is 11.4. The van der Waals surface area contributed by atoms with Crippen LogP contribution in [-0.4, -0.2) is 5.78 Å². The number of rotatable bonds is 4. The third kappa shape index (κ3) is 2.59. The summed E-state index contributed by atoms with van der Waals surface area (Å²) in [6.45, 7) is 9.33. The van der Waals surface area contributed by atoms with Gasteiger partial charge in [-0.1, -0.05) is 113 Å². The predicted octanol–water partition coefficient (Wildman–Crippen LogP) is 7.32. The highest BCUT2D eigenvalue weighted by Crippen LogP contribution is 2.69. The van der Waals surface area contributed by atoms with Gasteiger partial charge in [-0.2, -0.15) is 0 Å². The van der Waals surface area contributed by atoms with E-state index in [4.69, 9.17) is 0 Å². The molecule has 1 heteroatoms. The van der Waals surface area contributed by atoms with Crippen LogP contribution < -0.4 is 0 Å². The number of hydrogen-bond acceptors (Lipinski definition) is 1. The highest BCUT2D eigenvalue weighted by Gasteiger charge is 2.64. The number of carbonyl (C=O) groups excluding carboxylic acids is 1. The number of ketones is 1. The molecule has 0 spiro atoms. The van der Waals surface area contributed by atoms with Gasteiger partial charge in [-0.3, -0.25) is 4.79 Å². The minimum atomic E-state index is -0.198. The summed E-state index contributed by atoms with van der Waals surface area (Å²) in [6.07, 6.45) is 0.817. The summed E-state index contributed by atoms with van der Waals surface area (Å²) in [5, 5.41) is 0. The molecule has 31 heavy (non-hydrogen) atoms. The van der Waals surface area contributed by atoms with E-state index in [9.17, 15) is 4.79 Å². The minimum Gasteiger partial charge on any atom is -0.294 e. The van der Waals surface area contributed by atoms with E-state index in [1.807, 2.05) is 30.3 Å². The monoisotopic (exact) mass is 406 g/mol.